The first-order chi connectivity index (χ1) is 7.15. The van der Waals surface area contributed by atoms with Gasteiger partial charge in [-0.1, -0.05) is 28.1 Å². The predicted molar refractivity (Wildman–Crippen MR) is 63.7 cm³/mol. The van der Waals surface area contributed by atoms with Gasteiger partial charge in [-0.3, -0.25) is 4.90 Å². The summed E-state index contributed by atoms with van der Waals surface area (Å²) in [5.41, 5.74) is 2.49. The number of aryl methyl sites for hydroxylation is 1. The summed E-state index contributed by atoms with van der Waals surface area (Å²) in [6.07, 6.45) is 0.0537. The number of alkyl halides is 1. The Labute approximate surface area is 98.4 Å². The van der Waals surface area contributed by atoms with Crippen molar-refractivity contribution in [2.75, 3.05) is 13.1 Å². The van der Waals surface area contributed by atoms with E-state index in [0.29, 0.717) is 13.0 Å². The van der Waals surface area contributed by atoms with Gasteiger partial charge in [-0.15, -0.1) is 0 Å². The van der Waals surface area contributed by atoms with Gasteiger partial charge in [0.25, 0.3) is 0 Å². The second-order valence-corrected chi connectivity index (χ2v) is 5.07. The number of halogens is 2. The molecule has 0 radical (unpaired) electrons. The Kier molecular flexibility index (Phi) is 3.42. The van der Waals surface area contributed by atoms with Crippen molar-refractivity contribution in [2.24, 2.45) is 0 Å². The van der Waals surface area contributed by atoms with Crippen LogP contribution in [0.25, 0.3) is 0 Å². The van der Waals surface area contributed by atoms with Crippen LogP contribution in [0.1, 0.15) is 17.5 Å². The molecule has 1 heterocycles. The van der Waals surface area contributed by atoms with Gasteiger partial charge in [0.15, 0.2) is 0 Å². The van der Waals surface area contributed by atoms with E-state index >= 15 is 0 Å². The zero-order valence-corrected chi connectivity index (χ0v) is 10.4. The maximum absolute atomic E-state index is 13.0. The fourth-order valence-corrected chi connectivity index (χ4v) is 2.57. The van der Waals surface area contributed by atoms with Crippen LogP contribution < -0.4 is 0 Å². The molecule has 1 fully saturated rings. The van der Waals surface area contributed by atoms with E-state index in [2.05, 4.69) is 46.0 Å². The summed E-state index contributed by atoms with van der Waals surface area (Å²) in [6, 6.07) is 6.33. The average Bonchev–Trinajstić information content (AvgIpc) is 2.56. The largest absolute Gasteiger partial charge is 0.296 e. The third kappa shape index (κ3) is 2.79. The minimum Gasteiger partial charge on any atom is -0.296 e. The van der Waals surface area contributed by atoms with Crippen LogP contribution in [0, 0.1) is 6.92 Å². The van der Waals surface area contributed by atoms with Gasteiger partial charge in [0, 0.05) is 24.1 Å². The predicted octanol–water partition coefficient (Wildman–Crippen LogP) is 3.30. The van der Waals surface area contributed by atoms with Crippen LogP contribution in [0.15, 0.2) is 22.7 Å². The van der Waals surface area contributed by atoms with Crippen molar-refractivity contribution in [2.45, 2.75) is 26.1 Å². The van der Waals surface area contributed by atoms with Crippen LogP contribution in [-0.2, 0) is 6.54 Å². The van der Waals surface area contributed by atoms with Gasteiger partial charge < -0.3 is 0 Å². The SMILES string of the molecule is Cc1ccc(CN2CCC(F)C2)c(Br)c1. The molecule has 1 aromatic rings. The highest BCUT2D eigenvalue weighted by molar-refractivity contribution is 9.10. The maximum Gasteiger partial charge on any atom is 0.114 e. The van der Waals surface area contributed by atoms with Crippen LogP contribution >= 0.6 is 15.9 Å². The molecule has 2 rings (SSSR count). The van der Waals surface area contributed by atoms with Crippen LogP contribution in [-0.4, -0.2) is 24.2 Å². The maximum atomic E-state index is 13.0. The molecule has 0 amide bonds. The Balaban J connectivity index is 2.04. The van der Waals surface area contributed by atoms with Crippen molar-refractivity contribution in [3.63, 3.8) is 0 Å². The summed E-state index contributed by atoms with van der Waals surface area (Å²) in [7, 11) is 0. The van der Waals surface area contributed by atoms with Gasteiger partial charge in [-0.05, 0) is 30.5 Å². The highest BCUT2D eigenvalue weighted by Gasteiger charge is 2.21. The minimum atomic E-state index is -0.630. The van der Waals surface area contributed by atoms with E-state index in [1.165, 1.54) is 11.1 Å². The van der Waals surface area contributed by atoms with Gasteiger partial charge in [-0.2, -0.15) is 0 Å². The first-order valence-corrected chi connectivity index (χ1v) is 6.06. The fraction of sp³-hybridized carbons (Fsp3) is 0.500. The number of rotatable bonds is 2. The lowest BCUT2D eigenvalue weighted by Crippen LogP contribution is -2.20. The second kappa shape index (κ2) is 4.62. The molecule has 1 atom stereocenters. The van der Waals surface area contributed by atoms with Crippen molar-refractivity contribution < 1.29 is 4.39 Å². The lowest BCUT2D eigenvalue weighted by Gasteiger charge is -2.15. The van der Waals surface area contributed by atoms with E-state index in [1.807, 2.05) is 0 Å². The number of benzene rings is 1. The minimum absolute atomic E-state index is 0.584. The molecule has 1 nitrogen and oxygen atoms in total. The molecular weight excluding hydrogens is 257 g/mol. The number of hydrogen-bond acceptors (Lipinski definition) is 1. The van der Waals surface area contributed by atoms with Gasteiger partial charge in [0.05, 0.1) is 0 Å². The molecule has 0 saturated carbocycles. The molecule has 1 aromatic carbocycles. The molecule has 1 saturated heterocycles. The van der Waals surface area contributed by atoms with E-state index in [9.17, 15) is 4.39 Å². The Morgan fingerprint density at radius 3 is 2.93 bits per heavy atom. The zero-order chi connectivity index (χ0) is 10.8. The molecule has 1 aliphatic rings. The molecule has 0 bridgehead atoms. The van der Waals surface area contributed by atoms with Crippen molar-refractivity contribution >= 4 is 15.9 Å². The second-order valence-electron chi connectivity index (χ2n) is 4.22. The third-order valence-electron chi connectivity index (χ3n) is 2.82. The Hall–Kier alpha value is -0.410. The van der Waals surface area contributed by atoms with Gasteiger partial charge in [0.1, 0.15) is 6.17 Å². The first-order valence-electron chi connectivity index (χ1n) is 5.26. The first kappa shape index (κ1) is 11.1. The summed E-state index contributed by atoms with van der Waals surface area (Å²) < 4.78 is 14.1. The highest BCUT2D eigenvalue weighted by Crippen LogP contribution is 2.22. The van der Waals surface area contributed by atoms with Crippen LogP contribution in [0.4, 0.5) is 4.39 Å². The van der Waals surface area contributed by atoms with Crippen molar-refractivity contribution in [1.82, 2.24) is 4.90 Å². The number of hydrogen-bond donors (Lipinski definition) is 0. The molecule has 15 heavy (non-hydrogen) atoms. The van der Waals surface area contributed by atoms with Crippen molar-refractivity contribution in [3.8, 4) is 0 Å². The topological polar surface area (TPSA) is 3.24 Å². The Morgan fingerprint density at radius 1 is 1.53 bits per heavy atom. The lowest BCUT2D eigenvalue weighted by molar-refractivity contribution is 0.282. The van der Waals surface area contributed by atoms with Crippen LogP contribution in [0.2, 0.25) is 0 Å². The summed E-state index contributed by atoms with van der Waals surface area (Å²) in [5.74, 6) is 0. The van der Waals surface area contributed by atoms with Crippen LogP contribution in [0.3, 0.4) is 0 Å². The fourth-order valence-electron chi connectivity index (χ4n) is 1.95. The third-order valence-corrected chi connectivity index (χ3v) is 3.56. The lowest BCUT2D eigenvalue weighted by atomic mass is 10.1. The summed E-state index contributed by atoms with van der Waals surface area (Å²) >= 11 is 3.55. The van der Waals surface area contributed by atoms with Gasteiger partial charge in [0.2, 0.25) is 0 Å². The molecule has 0 aromatic heterocycles. The number of likely N-dealkylation sites (tertiary alicyclic amines) is 1. The monoisotopic (exact) mass is 271 g/mol. The van der Waals surface area contributed by atoms with E-state index in [0.717, 1.165) is 17.6 Å². The molecule has 3 heteroatoms. The van der Waals surface area contributed by atoms with Crippen molar-refractivity contribution in [1.29, 1.82) is 0 Å². The van der Waals surface area contributed by atoms with Gasteiger partial charge in [-0.25, -0.2) is 4.39 Å². The van der Waals surface area contributed by atoms with E-state index in [-0.39, 0.29) is 0 Å². The molecule has 0 aliphatic carbocycles. The summed E-state index contributed by atoms with van der Waals surface area (Å²) in [4.78, 5) is 2.17. The van der Waals surface area contributed by atoms with E-state index in [1.54, 1.807) is 0 Å². The quantitative estimate of drug-likeness (QED) is 0.798. The standard InChI is InChI=1S/C12H15BrFN/c1-9-2-3-10(12(13)6-9)7-15-5-4-11(14)8-15/h2-3,6,11H,4-5,7-8H2,1H3. The number of nitrogens with zero attached hydrogens (tertiary/aromatic N) is 1. The smallest absolute Gasteiger partial charge is 0.114 e. The normalized spacial score (nSPS) is 22.2. The molecule has 0 N–H and O–H groups in total. The van der Waals surface area contributed by atoms with Gasteiger partial charge >= 0.3 is 0 Å². The molecular formula is C12H15BrFN. The van der Waals surface area contributed by atoms with E-state index in [4.69, 9.17) is 0 Å². The van der Waals surface area contributed by atoms with Crippen LogP contribution in [0.5, 0.6) is 0 Å². The highest BCUT2D eigenvalue weighted by atomic mass is 79.9. The summed E-state index contributed by atoms with van der Waals surface area (Å²) in [5, 5.41) is 0. The molecule has 0 spiro atoms. The van der Waals surface area contributed by atoms with Crippen molar-refractivity contribution in [3.05, 3.63) is 33.8 Å². The molecule has 1 unspecified atom stereocenters. The summed E-state index contributed by atoms with van der Waals surface area (Å²) in [6.45, 7) is 4.38. The molecule has 82 valence electrons. The van der Waals surface area contributed by atoms with E-state index < -0.39 is 6.17 Å². The Bertz CT molecular complexity index is 353. The molecule has 1 aliphatic heterocycles. The average molecular weight is 272 g/mol. The zero-order valence-electron chi connectivity index (χ0n) is 8.84. The Morgan fingerprint density at radius 2 is 2.33 bits per heavy atom.